The van der Waals surface area contributed by atoms with E-state index in [1.165, 1.54) is 10.8 Å². The topological polar surface area (TPSA) is 269 Å². The first-order valence-corrected chi connectivity index (χ1v) is 16.2. The molecule has 0 aliphatic heterocycles. The fraction of sp³-hybridized carbons (Fsp3) is 0.571. The molecule has 0 spiro atoms. The molecule has 2 amide bonds. The van der Waals surface area contributed by atoms with E-state index in [0.29, 0.717) is 0 Å². The molecule has 0 atom stereocenters. The summed E-state index contributed by atoms with van der Waals surface area (Å²) in [5, 5.41) is 28.4. The molecular weight excluding hydrogens is 692 g/mol. The number of anilines is 2. The van der Waals surface area contributed by atoms with E-state index in [0.717, 1.165) is 22.7 Å². The first kappa shape index (κ1) is 44.7. The highest BCUT2D eigenvalue weighted by atomic mass is 32.1. The highest BCUT2D eigenvalue weighted by Gasteiger charge is 2.23. The maximum absolute atomic E-state index is 11.9. The van der Waals surface area contributed by atoms with Crippen molar-refractivity contribution in [2.75, 3.05) is 50.3 Å². The van der Waals surface area contributed by atoms with Gasteiger partial charge in [0, 0.05) is 10.8 Å². The highest BCUT2D eigenvalue weighted by molar-refractivity contribution is 7.14. The summed E-state index contributed by atoms with van der Waals surface area (Å²) in [5.74, 6) is 1.94. The van der Waals surface area contributed by atoms with E-state index in [1.807, 2.05) is 0 Å². The van der Waals surface area contributed by atoms with Gasteiger partial charge in [0.2, 0.25) is 5.71 Å². The minimum atomic E-state index is -0.971. The van der Waals surface area contributed by atoms with Gasteiger partial charge >= 0.3 is 24.1 Å². The summed E-state index contributed by atoms with van der Waals surface area (Å²) in [6, 6.07) is 0. The predicted octanol–water partition coefficient (Wildman–Crippen LogP) is 2.87. The minimum Gasteiger partial charge on any atom is -0.461 e. The Hall–Kier alpha value is -4.28. The number of nitrogens with one attached hydrogen (secondary N) is 2. The second kappa shape index (κ2) is 23.1. The second-order valence-corrected chi connectivity index (χ2v) is 12.4. The molecule has 0 saturated carbocycles. The lowest BCUT2D eigenvalue weighted by atomic mass is 10.2. The molecule has 0 bridgehead atoms. The Balaban J connectivity index is 0.000000835. The third-order valence-corrected chi connectivity index (χ3v) is 5.69. The number of aliphatic hydroxyl groups excluding tert-OH is 2. The molecular formula is C28H44N6O13S2. The van der Waals surface area contributed by atoms with Crippen molar-refractivity contribution >= 4 is 68.6 Å². The number of hydrogen-bond acceptors (Lipinski definition) is 19. The largest absolute Gasteiger partial charge is 0.461 e. The number of nitrogens with zero attached hydrogens (tertiary/aromatic N) is 3. The van der Waals surface area contributed by atoms with Gasteiger partial charge in [-0.05, 0) is 55.4 Å². The van der Waals surface area contributed by atoms with Gasteiger partial charge in [-0.2, -0.15) is 0 Å². The van der Waals surface area contributed by atoms with Crippen LogP contribution in [-0.4, -0.2) is 107 Å². The molecule has 276 valence electrons. The molecule has 2 rings (SSSR count). The monoisotopic (exact) mass is 736 g/mol. The Kier molecular flexibility index (Phi) is 21.1. The van der Waals surface area contributed by atoms with Crippen LogP contribution in [0, 0.1) is 0 Å². The molecule has 0 aromatic carbocycles. The smallest absolute Gasteiger partial charge is 0.413 e. The fourth-order valence-corrected chi connectivity index (χ4v) is 3.91. The molecule has 0 fully saturated rings. The van der Waals surface area contributed by atoms with Crippen molar-refractivity contribution in [1.82, 2.24) is 9.97 Å². The first-order chi connectivity index (χ1) is 22.9. The zero-order chi connectivity index (χ0) is 37.6. The number of ether oxygens (including phenoxy) is 4. The number of thiazole rings is 2. The number of nitrogens with two attached hydrogens (primary N) is 1. The third-order valence-electron chi connectivity index (χ3n) is 4.18. The van der Waals surface area contributed by atoms with Crippen LogP contribution in [0.3, 0.4) is 0 Å². The lowest BCUT2D eigenvalue weighted by Crippen LogP contribution is -2.27. The number of aromatic nitrogens is 2. The average molecular weight is 737 g/mol. The molecule has 49 heavy (non-hydrogen) atoms. The molecule has 2 aromatic rings. The number of carbonyl (C=O) groups excluding carboxylic acids is 5. The van der Waals surface area contributed by atoms with Crippen molar-refractivity contribution in [3.8, 4) is 0 Å². The van der Waals surface area contributed by atoms with E-state index >= 15 is 0 Å². The van der Waals surface area contributed by atoms with E-state index in [1.54, 1.807) is 55.4 Å². The van der Waals surface area contributed by atoms with Gasteiger partial charge in [0.05, 0.1) is 33.0 Å². The maximum atomic E-state index is 11.9. The Morgan fingerprint density at radius 3 is 1.63 bits per heavy atom. The zero-order valence-electron chi connectivity index (χ0n) is 28.5. The quantitative estimate of drug-likeness (QED) is 0.0376. The Bertz CT molecular complexity index is 1370. The lowest BCUT2D eigenvalue weighted by molar-refractivity contribution is -0.137. The van der Waals surface area contributed by atoms with Gasteiger partial charge in [-0.15, -0.1) is 22.7 Å². The summed E-state index contributed by atoms with van der Waals surface area (Å²) in [5.41, 5.74) is -1.31. The van der Waals surface area contributed by atoms with Gasteiger partial charge in [0.1, 0.15) is 29.2 Å². The molecule has 2 aromatic heterocycles. The standard InChI is InChI=1S/C14H21N3O6S.C12H16N2O5S.C2H7NO2/c1-5-21-11(19)10(17-22-7-6-18)9-8-24-12(15-9)16-13(20)23-14(2,3)4;1-5-18-9(16)8(15)7-6-20-10(13-7)14-11(17)19-12(2,3)4;3-5-2-1-4/h8,18H,5-7H2,1-4H3,(H,15,16,20);6H,5H2,1-4H3,(H,13,14,17);4H,1-3H2. The number of aliphatic hydroxyl groups is 2. The van der Waals surface area contributed by atoms with Crippen LogP contribution in [0.5, 0.6) is 0 Å². The van der Waals surface area contributed by atoms with Crippen molar-refractivity contribution < 1.29 is 62.8 Å². The maximum Gasteiger partial charge on any atom is 0.413 e. The van der Waals surface area contributed by atoms with Gasteiger partial charge in [0.15, 0.2) is 10.3 Å². The van der Waals surface area contributed by atoms with Crippen molar-refractivity contribution in [2.24, 2.45) is 11.1 Å². The zero-order valence-corrected chi connectivity index (χ0v) is 30.2. The van der Waals surface area contributed by atoms with Crippen LogP contribution in [0.1, 0.15) is 71.6 Å². The number of amides is 2. The number of oxime groups is 1. The first-order valence-electron chi connectivity index (χ1n) is 14.4. The number of Topliss-reactive ketones (excluding diaryl/α,β-unsaturated/α-hetero) is 1. The second-order valence-electron chi connectivity index (χ2n) is 10.7. The molecule has 0 saturated heterocycles. The molecule has 0 aliphatic rings. The fourth-order valence-electron chi connectivity index (χ4n) is 2.55. The number of carbonyl (C=O) groups is 5. The average Bonchev–Trinajstić information content (AvgIpc) is 3.64. The molecule has 21 heteroatoms. The van der Waals surface area contributed by atoms with E-state index in [-0.39, 0.29) is 67.0 Å². The molecule has 2 heterocycles. The molecule has 0 radical (unpaired) electrons. The Labute approximate surface area is 291 Å². The Morgan fingerprint density at radius 2 is 1.22 bits per heavy atom. The summed E-state index contributed by atoms with van der Waals surface area (Å²) < 4.78 is 19.6. The molecule has 0 unspecified atom stereocenters. The van der Waals surface area contributed by atoms with Crippen LogP contribution < -0.4 is 16.5 Å². The normalized spacial score (nSPS) is 11.0. The van der Waals surface area contributed by atoms with E-state index < -0.39 is 41.1 Å². The van der Waals surface area contributed by atoms with Crippen molar-refractivity contribution in [1.29, 1.82) is 0 Å². The molecule has 19 nitrogen and oxygen atoms in total. The van der Waals surface area contributed by atoms with Crippen LogP contribution in [-0.2, 0) is 38.2 Å². The lowest BCUT2D eigenvalue weighted by Gasteiger charge is -2.18. The number of rotatable bonds is 13. The van der Waals surface area contributed by atoms with Gasteiger partial charge in [-0.1, -0.05) is 5.16 Å². The van der Waals surface area contributed by atoms with E-state index in [9.17, 15) is 24.0 Å². The number of esters is 2. The van der Waals surface area contributed by atoms with Crippen LogP contribution in [0.15, 0.2) is 15.9 Å². The summed E-state index contributed by atoms with van der Waals surface area (Å²) >= 11 is 2.11. The highest BCUT2D eigenvalue weighted by Crippen LogP contribution is 2.19. The molecule has 6 N–H and O–H groups in total. The summed E-state index contributed by atoms with van der Waals surface area (Å²) in [6.45, 7) is 13.8. The SMILES string of the molecule is CCOC(=O)C(=NOCCO)c1csc(NC(=O)OC(C)(C)C)n1.CCOC(=O)C(=O)c1csc(NC(=O)OC(C)(C)C)n1.NOCCO. The van der Waals surface area contributed by atoms with Crippen molar-refractivity contribution in [3.05, 3.63) is 22.1 Å². The van der Waals surface area contributed by atoms with E-state index in [2.05, 4.69) is 41.2 Å². The molecule has 0 aliphatic carbocycles. The summed E-state index contributed by atoms with van der Waals surface area (Å²) in [6.07, 6.45) is -1.34. The number of hydrogen-bond donors (Lipinski definition) is 5. The van der Waals surface area contributed by atoms with Gasteiger partial charge in [0.25, 0.3) is 5.78 Å². The minimum absolute atomic E-state index is 0.00347. The number of ketones is 1. The van der Waals surface area contributed by atoms with Crippen LogP contribution in [0.25, 0.3) is 0 Å². The predicted molar refractivity (Wildman–Crippen MR) is 178 cm³/mol. The van der Waals surface area contributed by atoms with Gasteiger partial charge in [-0.25, -0.2) is 35.0 Å². The van der Waals surface area contributed by atoms with Crippen LogP contribution in [0.2, 0.25) is 0 Å². The summed E-state index contributed by atoms with van der Waals surface area (Å²) in [7, 11) is 0. The third kappa shape index (κ3) is 20.6. The van der Waals surface area contributed by atoms with E-state index in [4.69, 9.17) is 29.3 Å². The van der Waals surface area contributed by atoms with Crippen molar-refractivity contribution in [3.63, 3.8) is 0 Å². The van der Waals surface area contributed by atoms with Crippen molar-refractivity contribution in [2.45, 2.75) is 66.6 Å². The van der Waals surface area contributed by atoms with Crippen LogP contribution >= 0.6 is 22.7 Å². The Morgan fingerprint density at radius 1 is 0.776 bits per heavy atom. The van der Waals surface area contributed by atoms with Crippen LogP contribution in [0.4, 0.5) is 19.9 Å². The van der Waals surface area contributed by atoms with Gasteiger partial charge in [-0.3, -0.25) is 15.4 Å². The van der Waals surface area contributed by atoms with Gasteiger partial charge < -0.3 is 38.8 Å². The summed E-state index contributed by atoms with van der Waals surface area (Å²) in [4.78, 5) is 74.6.